The number of aryl methyl sites for hydroxylation is 1. The second kappa shape index (κ2) is 1.26. The molecule has 3 heteroatoms. The molecule has 0 saturated carbocycles. The molecule has 1 aromatic rings. The number of aromatic nitrogens is 2. The lowest BCUT2D eigenvalue weighted by Crippen LogP contribution is -2.23. The fourth-order valence-electron chi connectivity index (χ4n) is 0.437. The van der Waals surface area contributed by atoms with E-state index in [0.717, 1.165) is 4.73 Å². The Balaban J connectivity index is 3.04. The Kier molecular flexibility index (Phi) is 0.749. The number of imidazole rings is 1. The second-order valence-electron chi connectivity index (χ2n) is 1.46. The van der Waals surface area contributed by atoms with Gasteiger partial charge in [0.05, 0.1) is 7.05 Å². The normalized spacial score (nSPS) is 9.29. The molecule has 7 heavy (non-hydrogen) atoms. The van der Waals surface area contributed by atoms with Crippen molar-refractivity contribution in [2.45, 2.75) is 0 Å². The van der Waals surface area contributed by atoms with Crippen molar-refractivity contribution in [2.24, 2.45) is 7.05 Å². The van der Waals surface area contributed by atoms with E-state index in [1.807, 2.05) is 7.05 Å². The summed E-state index contributed by atoms with van der Waals surface area (Å²) < 4.78 is 2.75. The van der Waals surface area contributed by atoms with Crippen LogP contribution in [-0.4, -0.2) is 9.94 Å². The maximum atomic E-state index is 8.55. The Bertz CT molecular complexity index is 142. The van der Waals surface area contributed by atoms with Crippen molar-refractivity contribution in [3.63, 3.8) is 0 Å². The molecule has 38 valence electrons. The highest BCUT2D eigenvalue weighted by molar-refractivity contribution is 4.57. The first-order chi connectivity index (χ1) is 3.29. The van der Waals surface area contributed by atoms with Crippen LogP contribution in [0.25, 0.3) is 0 Å². The monoisotopic (exact) mass is 99.1 g/mol. The molecule has 0 aliphatic heterocycles. The highest BCUT2D eigenvalue weighted by Crippen LogP contribution is 1.69. The van der Waals surface area contributed by atoms with Gasteiger partial charge in [0.1, 0.15) is 6.20 Å². The van der Waals surface area contributed by atoms with Crippen LogP contribution >= 0.6 is 0 Å². The molecule has 0 spiro atoms. The molecule has 0 aliphatic rings. The van der Waals surface area contributed by atoms with E-state index in [2.05, 4.69) is 0 Å². The maximum absolute atomic E-state index is 8.55. The zero-order valence-electron chi connectivity index (χ0n) is 4.07. The van der Waals surface area contributed by atoms with Crippen molar-refractivity contribution >= 4 is 0 Å². The van der Waals surface area contributed by atoms with E-state index in [1.54, 1.807) is 23.3 Å². The van der Waals surface area contributed by atoms with Crippen LogP contribution in [0.1, 0.15) is 0 Å². The topological polar surface area (TPSA) is 29.0 Å². The van der Waals surface area contributed by atoms with Crippen LogP contribution in [0.3, 0.4) is 0 Å². The number of hydrogen-bond donors (Lipinski definition) is 1. The van der Waals surface area contributed by atoms with Crippen molar-refractivity contribution < 1.29 is 9.77 Å². The molecule has 0 saturated heterocycles. The zero-order valence-corrected chi connectivity index (χ0v) is 4.07. The summed E-state index contributed by atoms with van der Waals surface area (Å²) in [7, 11) is 1.84. The van der Waals surface area contributed by atoms with Gasteiger partial charge in [-0.3, -0.25) is 0 Å². The Morgan fingerprint density at radius 3 is 2.57 bits per heavy atom. The Morgan fingerprint density at radius 1 is 1.71 bits per heavy atom. The van der Waals surface area contributed by atoms with Crippen LogP contribution < -0.4 is 4.57 Å². The lowest BCUT2D eigenvalue weighted by Gasteiger charge is -1.71. The van der Waals surface area contributed by atoms with Gasteiger partial charge in [-0.1, -0.05) is 4.73 Å². The summed E-state index contributed by atoms with van der Waals surface area (Å²) in [6.07, 6.45) is 4.86. The highest BCUT2D eigenvalue weighted by atomic mass is 16.5. The first kappa shape index (κ1) is 4.18. The van der Waals surface area contributed by atoms with Crippen molar-refractivity contribution in [3.05, 3.63) is 18.7 Å². The summed E-state index contributed by atoms with van der Waals surface area (Å²) in [6, 6.07) is 0. The van der Waals surface area contributed by atoms with Gasteiger partial charge in [-0.05, 0) is 0 Å². The molecule has 3 nitrogen and oxygen atoms in total. The van der Waals surface area contributed by atoms with Crippen molar-refractivity contribution in [1.82, 2.24) is 4.73 Å². The van der Waals surface area contributed by atoms with Gasteiger partial charge >= 0.3 is 0 Å². The first-order valence-corrected chi connectivity index (χ1v) is 2.01. The lowest BCUT2D eigenvalue weighted by molar-refractivity contribution is -0.672. The number of hydrogen-bond acceptors (Lipinski definition) is 1. The third-order valence-electron chi connectivity index (χ3n) is 0.755. The van der Waals surface area contributed by atoms with Crippen LogP contribution in [-0.2, 0) is 7.05 Å². The Morgan fingerprint density at radius 2 is 2.43 bits per heavy atom. The zero-order chi connectivity index (χ0) is 5.28. The molecule has 0 bridgehead atoms. The summed E-state index contributed by atoms with van der Waals surface area (Å²) in [6.45, 7) is 0. The molecule has 1 N–H and O–H groups in total. The molecule has 1 aromatic heterocycles. The molecule has 0 aliphatic carbocycles. The minimum atomic E-state index is 1.00. The van der Waals surface area contributed by atoms with E-state index in [4.69, 9.17) is 5.21 Å². The first-order valence-electron chi connectivity index (χ1n) is 2.01. The van der Waals surface area contributed by atoms with E-state index >= 15 is 0 Å². The molecule has 0 fully saturated rings. The van der Waals surface area contributed by atoms with Crippen LogP contribution in [0.15, 0.2) is 18.7 Å². The second-order valence-corrected chi connectivity index (χ2v) is 1.46. The van der Waals surface area contributed by atoms with Crippen LogP contribution in [0.5, 0.6) is 0 Å². The van der Waals surface area contributed by atoms with Gasteiger partial charge in [0.25, 0.3) is 6.33 Å². The third-order valence-corrected chi connectivity index (χ3v) is 0.755. The SMILES string of the molecule is C[n+]1ccn(O)c1. The summed E-state index contributed by atoms with van der Waals surface area (Å²) in [5.41, 5.74) is 0. The van der Waals surface area contributed by atoms with Gasteiger partial charge in [0.2, 0.25) is 0 Å². The molecule has 0 atom stereocenters. The highest BCUT2D eigenvalue weighted by Gasteiger charge is 1.90. The van der Waals surface area contributed by atoms with E-state index in [0.29, 0.717) is 0 Å². The number of nitrogens with zero attached hydrogens (tertiary/aromatic N) is 2. The van der Waals surface area contributed by atoms with E-state index < -0.39 is 0 Å². The average molecular weight is 99.1 g/mol. The Labute approximate surface area is 41.4 Å². The fourth-order valence-corrected chi connectivity index (χ4v) is 0.437. The average Bonchev–Trinajstić information content (AvgIpc) is 1.87. The molecule has 0 unspecified atom stereocenters. The van der Waals surface area contributed by atoms with Crippen LogP contribution in [0.2, 0.25) is 0 Å². The lowest BCUT2D eigenvalue weighted by atomic mass is 10.9. The summed E-state index contributed by atoms with van der Waals surface area (Å²) in [5, 5.41) is 8.55. The molecule has 0 aromatic carbocycles. The van der Waals surface area contributed by atoms with Gasteiger partial charge in [0.15, 0.2) is 6.20 Å². The minimum absolute atomic E-state index is 1.00. The standard InChI is InChI=1S/C4H7N2O/c1-5-2-3-6(7)4-5/h2-4,7H,1H3/q+1. The molecular weight excluding hydrogens is 92.1 g/mol. The quantitative estimate of drug-likeness (QED) is 0.346. The van der Waals surface area contributed by atoms with Gasteiger partial charge in [-0.25, -0.2) is 4.57 Å². The van der Waals surface area contributed by atoms with Gasteiger partial charge in [-0.15, -0.1) is 0 Å². The predicted octanol–water partition coefficient (Wildman–Crippen LogP) is -0.450. The van der Waals surface area contributed by atoms with Crippen LogP contribution in [0.4, 0.5) is 0 Å². The molecule has 1 heterocycles. The van der Waals surface area contributed by atoms with Gasteiger partial charge in [-0.2, -0.15) is 0 Å². The number of rotatable bonds is 0. The molecular formula is C4H7N2O+. The summed E-state index contributed by atoms with van der Waals surface area (Å²) >= 11 is 0. The minimum Gasteiger partial charge on any atom is -0.350 e. The van der Waals surface area contributed by atoms with Gasteiger partial charge < -0.3 is 5.21 Å². The molecule has 1 rings (SSSR count). The molecule has 0 amide bonds. The van der Waals surface area contributed by atoms with E-state index in [9.17, 15) is 0 Å². The van der Waals surface area contributed by atoms with Crippen LogP contribution in [0, 0.1) is 0 Å². The fraction of sp³-hybridized carbons (Fsp3) is 0.250. The Hall–Kier alpha value is -0.990. The van der Waals surface area contributed by atoms with Gasteiger partial charge in [0, 0.05) is 0 Å². The predicted molar refractivity (Wildman–Crippen MR) is 22.8 cm³/mol. The largest absolute Gasteiger partial charge is 0.350 e. The van der Waals surface area contributed by atoms with E-state index in [1.165, 1.54) is 0 Å². The molecule has 0 radical (unpaired) electrons. The van der Waals surface area contributed by atoms with Crippen molar-refractivity contribution in [3.8, 4) is 0 Å². The summed E-state index contributed by atoms with van der Waals surface area (Å²) in [5.74, 6) is 0. The third kappa shape index (κ3) is 0.707. The van der Waals surface area contributed by atoms with Crippen molar-refractivity contribution in [2.75, 3.05) is 0 Å². The van der Waals surface area contributed by atoms with Crippen molar-refractivity contribution in [1.29, 1.82) is 0 Å². The maximum Gasteiger partial charge on any atom is 0.283 e. The van der Waals surface area contributed by atoms with E-state index in [-0.39, 0.29) is 0 Å². The smallest absolute Gasteiger partial charge is 0.283 e. The summed E-state index contributed by atoms with van der Waals surface area (Å²) in [4.78, 5) is 0.